The first-order valence-electron chi connectivity index (χ1n) is 9.32. The molecule has 1 aromatic heterocycles. The maximum Gasteiger partial charge on any atom is 0.272 e. The number of amides is 1. The minimum absolute atomic E-state index is 0.0238. The van der Waals surface area contributed by atoms with Gasteiger partial charge in [-0.15, -0.1) is 0 Å². The molecule has 1 amide bonds. The van der Waals surface area contributed by atoms with E-state index in [1.165, 1.54) is 0 Å². The second-order valence-electron chi connectivity index (χ2n) is 7.55. The van der Waals surface area contributed by atoms with Crippen LogP contribution in [0.4, 0.5) is 0 Å². The van der Waals surface area contributed by atoms with Crippen LogP contribution >= 0.6 is 11.6 Å². The molecule has 1 aliphatic carbocycles. The minimum atomic E-state index is -0.545. The van der Waals surface area contributed by atoms with Crippen LogP contribution in [0.5, 0.6) is 5.75 Å². The van der Waals surface area contributed by atoms with E-state index in [2.05, 4.69) is 4.98 Å². The first kappa shape index (κ1) is 18.3. The highest BCUT2D eigenvalue weighted by atomic mass is 35.5. The van der Waals surface area contributed by atoms with Crippen LogP contribution in [0.15, 0.2) is 42.6 Å². The van der Waals surface area contributed by atoms with Gasteiger partial charge >= 0.3 is 0 Å². The van der Waals surface area contributed by atoms with Crippen molar-refractivity contribution in [3.8, 4) is 5.75 Å². The largest absolute Gasteiger partial charge is 0.488 e. The Balaban J connectivity index is 1.44. The number of pyridine rings is 1. The number of aliphatic hydroxyl groups excluding tert-OH is 1. The van der Waals surface area contributed by atoms with E-state index >= 15 is 0 Å². The second-order valence-corrected chi connectivity index (χ2v) is 7.99. The molecule has 1 N–H and O–H groups in total. The third-order valence-electron chi connectivity index (χ3n) is 5.67. The SMILES string of the molecule is Cc1cccnc1C(=O)N1C[C@H]2C[C@@H](Oc3cccc(Cl)c3)[C@H](O)C[C@H]2C1. The summed E-state index contributed by atoms with van der Waals surface area (Å²) in [6, 6.07) is 11.0. The van der Waals surface area contributed by atoms with Gasteiger partial charge in [0.2, 0.25) is 0 Å². The summed E-state index contributed by atoms with van der Waals surface area (Å²) in [5.41, 5.74) is 1.41. The van der Waals surface area contributed by atoms with Crippen molar-refractivity contribution in [1.82, 2.24) is 9.88 Å². The smallest absolute Gasteiger partial charge is 0.272 e. The molecule has 4 atom stereocenters. The number of likely N-dealkylation sites (tertiary alicyclic amines) is 1. The predicted octanol–water partition coefficient (Wildman–Crippen LogP) is 3.33. The Bertz CT molecular complexity index is 844. The van der Waals surface area contributed by atoms with Gasteiger partial charge in [-0.2, -0.15) is 0 Å². The highest BCUT2D eigenvalue weighted by molar-refractivity contribution is 6.30. The van der Waals surface area contributed by atoms with Gasteiger partial charge in [-0.25, -0.2) is 0 Å². The van der Waals surface area contributed by atoms with Gasteiger partial charge in [0.1, 0.15) is 17.5 Å². The lowest BCUT2D eigenvalue weighted by Gasteiger charge is -2.35. The quantitative estimate of drug-likeness (QED) is 0.878. The number of aryl methyl sites for hydroxylation is 1. The van der Waals surface area contributed by atoms with Gasteiger partial charge in [0.15, 0.2) is 0 Å². The summed E-state index contributed by atoms with van der Waals surface area (Å²) in [7, 11) is 0. The average Bonchev–Trinajstić information content (AvgIpc) is 3.04. The van der Waals surface area contributed by atoms with E-state index in [1.807, 2.05) is 36.1 Å². The molecule has 5 nitrogen and oxygen atoms in total. The summed E-state index contributed by atoms with van der Waals surface area (Å²) in [5.74, 6) is 1.27. The Hall–Kier alpha value is -2.11. The van der Waals surface area contributed by atoms with E-state index in [4.69, 9.17) is 16.3 Å². The molecule has 1 aliphatic heterocycles. The fourth-order valence-electron chi connectivity index (χ4n) is 4.26. The van der Waals surface area contributed by atoms with Crippen LogP contribution in [-0.2, 0) is 0 Å². The molecular weight excluding hydrogens is 364 g/mol. The van der Waals surface area contributed by atoms with Crippen LogP contribution in [0.3, 0.4) is 0 Å². The minimum Gasteiger partial charge on any atom is -0.488 e. The predicted molar refractivity (Wildman–Crippen MR) is 103 cm³/mol. The highest BCUT2D eigenvalue weighted by Crippen LogP contribution is 2.38. The maximum atomic E-state index is 12.9. The zero-order valence-electron chi connectivity index (χ0n) is 15.2. The monoisotopic (exact) mass is 386 g/mol. The Labute approximate surface area is 163 Å². The van der Waals surface area contributed by atoms with Crippen molar-refractivity contribution in [3.63, 3.8) is 0 Å². The summed E-state index contributed by atoms with van der Waals surface area (Å²) in [6.07, 6.45) is 2.19. The lowest BCUT2D eigenvalue weighted by molar-refractivity contribution is -0.0231. The molecule has 2 aliphatic rings. The number of aliphatic hydroxyl groups is 1. The van der Waals surface area contributed by atoms with E-state index in [0.29, 0.717) is 47.8 Å². The van der Waals surface area contributed by atoms with E-state index in [-0.39, 0.29) is 12.0 Å². The van der Waals surface area contributed by atoms with Crippen molar-refractivity contribution < 1.29 is 14.6 Å². The van der Waals surface area contributed by atoms with Gasteiger partial charge < -0.3 is 14.7 Å². The van der Waals surface area contributed by atoms with Crippen LogP contribution < -0.4 is 4.74 Å². The fraction of sp³-hybridized carbons (Fsp3) is 0.429. The number of ether oxygens (including phenoxy) is 1. The molecule has 2 heterocycles. The van der Waals surface area contributed by atoms with Crippen molar-refractivity contribution in [2.45, 2.75) is 32.0 Å². The van der Waals surface area contributed by atoms with Crippen LogP contribution in [0.2, 0.25) is 5.02 Å². The number of rotatable bonds is 3. The maximum absolute atomic E-state index is 12.9. The second kappa shape index (κ2) is 7.49. The number of nitrogens with zero attached hydrogens (tertiary/aromatic N) is 2. The molecule has 1 saturated carbocycles. The Morgan fingerprint density at radius 2 is 2.00 bits per heavy atom. The molecule has 0 spiro atoms. The van der Waals surface area contributed by atoms with Gasteiger partial charge in [0, 0.05) is 24.3 Å². The van der Waals surface area contributed by atoms with Gasteiger partial charge in [-0.05, 0) is 61.4 Å². The van der Waals surface area contributed by atoms with Gasteiger partial charge in [-0.3, -0.25) is 9.78 Å². The number of halogens is 1. The summed E-state index contributed by atoms with van der Waals surface area (Å²) in [4.78, 5) is 19.0. The summed E-state index contributed by atoms with van der Waals surface area (Å²) < 4.78 is 6.01. The first-order valence-corrected chi connectivity index (χ1v) is 9.70. The molecule has 27 heavy (non-hydrogen) atoms. The zero-order valence-corrected chi connectivity index (χ0v) is 16.0. The van der Waals surface area contributed by atoms with E-state index < -0.39 is 6.10 Å². The van der Waals surface area contributed by atoms with E-state index in [9.17, 15) is 9.90 Å². The number of benzene rings is 1. The zero-order chi connectivity index (χ0) is 19.0. The van der Waals surface area contributed by atoms with Gasteiger partial charge in [0.05, 0.1) is 6.10 Å². The van der Waals surface area contributed by atoms with E-state index in [1.54, 1.807) is 18.3 Å². The standard InChI is InChI=1S/C21H23ClN2O3/c1-13-4-3-7-23-20(13)21(26)24-11-14-8-18(25)19(9-15(14)12-24)27-17-6-2-5-16(22)10-17/h2-7,10,14-15,18-19,25H,8-9,11-12H2,1H3/t14-,15+,18+,19+/m0/s1. The molecular formula is C21H23ClN2O3. The Morgan fingerprint density at radius 3 is 2.74 bits per heavy atom. The molecule has 142 valence electrons. The average molecular weight is 387 g/mol. The number of hydrogen-bond donors (Lipinski definition) is 1. The molecule has 6 heteroatoms. The molecule has 0 bridgehead atoms. The molecule has 0 radical (unpaired) electrons. The molecule has 1 saturated heterocycles. The van der Waals surface area contributed by atoms with Crippen LogP contribution in [-0.4, -0.2) is 46.2 Å². The lowest BCUT2D eigenvalue weighted by Crippen LogP contribution is -2.42. The molecule has 2 aromatic rings. The summed E-state index contributed by atoms with van der Waals surface area (Å²) in [5, 5.41) is 11.2. The topological polar surface area (TPSA) is 62.7 Å². The third-order valence-corrected chi connectivity index (χ3v) is 5.90. The molecule has 1 aromatic carbocycles. The van der Waals surface area contributed by atoms with Gasteiger partial charge in [-0.1, -0.05) is 23.7 Å². The number of carbonyl (C=O) groups is 1. The molecule has 0 unspecified atom stereocenters. The molecule has 2 fully saturated rings. The molecule has 4 rings (SSSR count). The van der Waals surface area contributed by atoms with Crippen LogP contribution in [0.25, 0.3) is 0 Å². The third kappa shape index (κ3) is 3.80. The number of fused-ring (bicyclic) bond motifs is 1. The van der Waals surface area contributed by atoms with Crippen LogP contribution in [0.1, 0.15) is 28.9 Å². The lowest BCUT2D eigenvalue weighted by atomic mass is 9.78. The normalized spacial score (nSPS) is 27.3. The Morgan fingerprint density at radius 1 is 1.22 bits per heavy atom. The summed E-state index contributed by atoms with van der Waals surface area (Å²) >= 11 is 6.02. The highest BCUT2D eigenvalue weighted by Gasteiger charge is 2.44. The Kier molecular flexibility index (Phi) is 5.06. The van der Waals surface area contributed by atoms with Gasteiger partial charge in [0.25, 0.3) is 5.91 Å². The van der Waals surface area contributed by atoms with Crippen molar-refractivity contribution >= 4 is 17.5 Å². The summed E-state index contributed by atoms with van der Waals surface area (Å²) in [6.45, 7) is 3.25. The number of hydrogen-bond acceptors (Lipinski definition) is 4. The van der Waals surface area contributed by atoms with Crippen molar-refractivity contribution in [1.29, 1.82) is 0 Å². The van der Waals surface area contributed by atoms with Crippen molar-refractivity contribution in [2.75, 3.05) is 13.1 Å². The number of carbonyl (C=O) groups excluding carboxylic acids is 1. The van der Waals surface area contributed by atoms with Crippen molar-refractivity contribution in [2.24, 2.45) is 11.8 Å². The first-order chi connectivity index (χ1) is 13.0. The van der Waals surface area contributed by atoms with E-state index in [0.717, 1.165) is 12.0 Å². The fourth-order valence-corrected chi connectivity index (χ4v) is 4.44. The van der Waals surface area contributed by atoms with Crippen molar-refractivity contribution in [3.05, 3.63) is 58.9 Å². The number of aromatic nitrogens is 1. The van der Waals surface area contributed by atoms with Crippen LogP contribution in [0, 0.1) is 18.8 Å².